The summed E-state index contributed by atoms with van der Waals surface area (Å²) in [5.74, 6) is 3.48. The third kappa shape index (κ3) is 4.95. The fraction of sp³-hybridized carbons (Fsp3) is 0.182. The van der Waals surface area contributed by atoms with Crippen molar-refractivity contribution in [3.63, 3.8) is 0 Å². The van der Waals surface area contributed by atoms with E-state index in [0.717, 1.165) is 10.7 Å². The van der Waals surface area contributed by atoms with Gasteiger partial charge in [0.1, 0.15) is 6.61 Å². The zero-order valence-corrected chi connectivity index (χ0v) is 17.8. The smallest absolute Gasteiger partial charge is 0.247 e. The summed E-state index contributed by atoms with van der Waals surface area (Å²) < 4.78 is 18.9. The molecule has 4 aromatic rings. The van der Waals surface area contributed by atoms with E-state index in [4.69, 9.17) is 13.9 Å². The molecule has 4 rings (SSSR count). The number of thioether (sulfide) groups is 1. The van der Waals surface area contributed by atoms with E-state index in [1.807, 2.05) is 59.2 Å². The molecule has 31 heavy (non-hydrogen) atoms. The summed E-state index contributed by atoms with van der Waals surface area (Å²) in [5, 5.41) is 17.6. The quantitative estimate of drug-likeness (QED) is 0.268. The summed E-state index contributed by atoms with van der Waals surface area (Å²) in [6.45, 7) is 4.64. The lowest BCUT2D eigenvalue weighted by Crippen LogP contribution is -2.08. The van der Waals surface area contributed by atoms with Crippen molar-refractivity contribution in [2.75, 3.05) is 7.11 Å². The van der Waals surface area contributed by atoms with Crippen molar-refractivity contribution in [2.45, 2.75) is 24.1 Å². The molecule has 0 unspecified atom stereocenters. The molecule has 0 aliphatic heterocycles. The number of para-hydroxylation sites is 2. The Labute approximate surface area is 183 Å². The van der Waals surface area contributed by atoms with Crippen molar-refractivity contribution in [1.29, 1.82) is 0 Å². The van der Waals surface area contributed by atoms with E-state index in [0.29, 0.717) is 41.4 Å². The molecule has 0 saturated carbocycles. The van der Waals surface area contributed by atoms with Crippen LogP contribution in [0.15, 0.2) is 76.8 Å². The minimum atomic E-state index is 0.250. The van der Waals surface area contributed by atoms with Gasteiger partial charge in [-0.15, -0.1) is 27.0 Å². The predicted molar refractivity (Wildman–Crippen MR) is 117 cm³/mol. The van der Waals surface area contributed by atoms with Crippen LogP contribution in [0.2, 0.25) is 0 Å². The van der Waals surface area contributed by atoms with Gasteiger partial charge in [0.25, 0.3) is 0 Å². The molecule has 0 saturated heterocycles. The van der Waals surface area contributed by atoms with Gasteiger partial charge in [0.05, 0.1) is 12.9 Å². The number of benzene rings is 2. The third-order valence-corrected chi connectivity index (χ3v) is 5.29. The van der Waals surface area contributed by atoms with Crippen molar-refractivity contribution < 1.29 is 13.9 Å². The summed E-state index contributed by atoms with van der Waals surface area (Å²) in [4.78, 5) is 0. The Morgan fingerprint density at radius 3 is 2.55 bits per heavy atom. The fourth-order valence-electron chi connectivity index (χ4n) is 2.86. The lowest BCUT2D eigenvalue weighted by atomic mass is 10.2. The second-order valence-corrected chi connectivity index (χ2v) is 7.34. The van der Waals surface area contributed by atoms with Crippen LogP contribution in [0.4, 0.5) is 0 Å². The summed E-state index contributed by atoms with van der Waals surface area (Å²) >= 11 is 1.46. The van der Waals surface area contributed by atoms with Crippen LogP contribution < -0.4 is 9.47 Å². The third-order valence-electron chi connectivity index (χ3n) is 4.34. The summed E-state index contributed by atoms with van der Waals surface area (Å²) in [7, 11) is 1.61. The monoisotopic (exact) mass is 435 g/mol. The molecule has 0 fully saturated rings. The van der Waals surface area contributed by atoms with E-state index in [1.54, 1.807) is 13.2 Å². The molecule has 0 radical (unpaired) electrons. The molecule has 0 N–H and O–H groups in total. The number of rotatable bonds is 10. The molecule has 8 nitrogen and oxygen atoms in total. The number of hydrogen-bond acceptors (Lipinski definition) is 8. The summed E-state index contributed by atoms with van der Waals surface area (Å²) in [6, 6.07) is 17.1. The van der Waals surface area contributed by atoms with Crippen molar-refractivity contribution in [2.24, 2.45) is 0 Å². The Morgan fingerprint density at radius 2 is 1.77 bits per heavy atom. The lowest BCUT2D eigenvalue weighted by molar-refractivity contribution is 0.271. The van der Waals surface area contributed by atoms with Gasteiger partial charge in [0, 0.05) is 12.1 Å². The normalized spacial score (nSPS) is 10.7. The lowest BCUT2D eigenvalue weighted by Gasteiger charge is -2.11. The second kappa shape index (κ2) is 9.94. The first-order valence-corrected chi connectivity index (χ1v) is 10.6. The number of nitrogens with zero attached hydrogens (tertiary/aromatic N) is 5. The minimum absolute atomic E-state index is 0.250. The first kappa shape index (κ1) is 20.7. The highest BCUT2D eigenvalue weighted by atomic mass is 32.2. The molecule has 2 aromatic heterocycles. The first-order chi connectivity index (χ1) is 15.3. The van der Waals surface area contributed by atoms with Gasteiger partial charge < -0.3 is 13.9 Å². The van der Waals surface area contributed by atoms with Crippen LogP contribution in [0, 0.1) is 0 Å². The Bertz CT molecular complexity index is 1140. The molecule has 158 valence electrons. The van der Waals surface area contributed by atoms with Crippen molar-refractivity contribution >= 4 is 11.8 Å². The van der Waals surface area contributed by atoms with Crippen LogP contribution in [0.5, 0.6) is 11.5 Å². The number of aromatic nitrogens is 5. The topological polar surface area (TPSA) is 88.1 Å². The van der Waals surface area contributed by atoms with Crippen LogP contribution in [0.1, 0.15) is 11.7 Å². The van der Waals surface area contributed by atoms with Crippen LogP contribution in [-0.4, -0.2) is 32.1 Å². The van der Waals surface area contributed by atoms with Crippen molar-refractivity contribution in [3.8, 4) is 23.0 Å². The van der Waals surface area contributed by atoms with Crippen LogP contribution in [0.25, 0.3) is 11.5 Å². The van der Waals surface area contributed by atoms with Gasteiger partial charge in [-0.1, -0.05) is 48.2 Å². The zero-order valence-electron chi connectivity index (χ0n) is 17.0. The van der Waals surface area contributed by atoms with Crippen LogP contribution >= 0.6 is 11.8 Å². The van der Waals surface area contributed by atoms with Gasteiger partial charge in [-0.2, -0.15) is 0 Å². The fourth-order valence-corrected chi connectivity index (χ4v) is 3.66. The average Bonchev–Trinajstić information content (AvgIpc) is 3.44. The molecule has 0 aliphatic carbocycles. The molecule has 9 heteroatoms. The molecule has 0 aliphatic rings. The van der Waals surface area contributed by atoms with E-state index in [-0.39, 0.29) is 6.61 Å². The van der Waals surface area contributed by atoms with E-state index in [2.05, 4.69) is 27.0 Å². The Hall–Kier alpha value is -3.59. The van der Waals surface area contributed by atoms with Gasteiger partial charge >= 0.3 is 0 Å². The maximum atomic E-state index is 5.90. The molecule has 2 heterocycles. The maximum absolute atomic E-state index is 5.90. The van der Waals surface area contributed by atoms with Crippen LogP contribution in [0.3, 0.4) is 0 Å². The molecular weight excluding hydrogens is 414 g/mol. The number of allylic oxidation sites excluding steroid dienone is 1. The van der Waals surface area contributed by atoms with Crippen molar-refractivity contribution in [3.05, 3.63) is 79.0 Å². The van der Waals surface area contributed by atoms with Gasteiger partial charge in [-0.05, 0) is 24.3 Å². The highest BCUT2D eigenvalue weighted by molar-refractivity contribution is 7.98. The van der Waals surface area contributed by atoms with Crippen molar-refractivity contribution in [1.82, 2.24) is 25.0 Å². The second-order valence-electron chi connectivity index (χ2n) is 6.39. The standard InChI is InChI=1S/C22H21N5O3S/c1-3-13-27-19(14-29-18-12-8-7-11-17(18)28-2)23-26-22(27)31-15-20-24-25-21(30-20)16-9-5-4-6-10-16/h3-12H,1,13-15H2,2H3. The van der Waals surface area contributed by atoms with E-state index < -0.39 is 0 Å². The highest BCUT2D eigenvalue weighted by Gasteiger charge is 2.15. The zero-order chi connectivity index (χ0) is 21.5. The molecule has 0 bridgehead atoms. The first-order valence-electron chi connectivity index (χ1n) is 9.58. The molecular formula is C22H21N5O3S. The molecule has 0 atom stereocenters. The SMILES string of the molecule is C=CCn1c(COc2ccccc2OC)nnc1SCc1nnc(-c2ccccc2)o1. The predicted octanol–water partition coefficient (Wildman–Crippen LogP) is 4.39. The Balaban J connectivity index is 1.44. The van der Waals surface area contributed by atoms with E-state index >= 15 is 0 Å². The highest BCUT2D eigenvalue weighted by Crippen LogP contribution is 2.28. The Kier molecular flexibility index (Phi) is 6.63. The average molecular weight is 436 g/mol. The number of ether oxygens (including phenoxy) is 2. The van der Waals surface area contributed by atoms with Gasteiger partial charge in [0.15, 0.2) is 22.5 Å². The van der Waals surface area contributed by atoms with Gasteiger partial charge in [-0.25, -0.2) is 0 Å². The largest absolute Gasteiger partial charge is 0.493 e. The number of methoxy groups -OCH3 is 1. The maximum Gasteiger partial charge on any atom is 0.247 e. The summed E-state index contributed by atoms with van der Waals surface area (Å²) in [5.41, 5.74) is 0.886. The summed E-state index contributed by atoms with van der Waals surface area (Å²) in [6.07, 6.45) is 1.79. The molecule has 0 spiro atoms. The number of hydrogen-bond donors (Lipinski definition) is 0. The minimum Gasteiger partial charge on any atom is -0.493 e. The van der Waals surface area contributed by atoms with Gasteiger partial charge in [-0.3, -0.25) is 4.57 Å². The molecule has 0 amide bonds. The molecule has 2 aromatic carbocycles. The van der Waals surface area contributed by atoms with Crippen LogP contribution in [-0.2, 0) is 18.9 Å². The van der Waals surface area contributed by atoms with E-state index in [9.17, 15) is 0 Å². The Morgan fingerprint density at radius 1 is 1.00 bits per heavy atom. The van der Waals surface area contributed by atoms with Gasteiger partial charge in [0.2, 0.25) is 11.8 Å². The van der Waals surface area contributed by atoms with E-state index in [1.165, 1.54) is 11.8 Å².